The van der Waals surface area contributed by atoms with Crippen molar-refractivity contribution in [3.05, 3.63) is 89.2 Å². The first-order valence-electron chi connectivity index (χ1n) is 11.5. The fourth-order valence-electron chi connectivity index (χ4n) is 5.26. The minimum absolute atomic E-state index is 0.0199. The van der Waals surface area contributed by atoms with Gasteiger partial charge in [-0.25, -0.2) is 4.98 Å². The van der Waals surface area contributed by atoms with Crippen LogP contribution in [0.2, 0.25) is 0 Å². The van der Waals surface area contributed by atoms with E-state index in [1.54, 1.807) is 11.6 Å². The molecule has 1 fully saturated rings. The smallest absolute Gasteiger partial charge is 0.274 e. The molecular weight excluding hydrogens is 412 g/mol. The molecule has 1 saturated heterocycles. The predicted octanol–water partition coefficient (Wildman–Crippen LogP) is 4.90. The fourth-order valence-corrected chi connectivity index (χ4v) is 5.26. The van der Waals surface area contributed by atoms with E-state index in [9.17, 15) is 4.79 Å². The number of H-pyrrole nitrogens is 1. The van der Waals surface area contributed by atoms with Crippen LogP contribution in [0, 0.1) is 5.92 Å². The topological polar surface area (TPSA) is 64.8 Å². The number of imidazole rings is 1. The molecule has 166 valence electrons. The van der Waals surface area contributed by atoms with Crippen molar-refractivity contribution in [2.24, 2.45) is 13.0 Å². The summed E-state index contributed by atoms with van der Waals surface area (Å²) >= 11 is 0. The Morgan fingerprint density at radius 1 is 1.09 bits per heavy atom. The Balaban J connectivity index is 1.53. The summed E-state index contributed by atoms with van der Waals surface area (Å²) < 4.78 is 9.64. The van der Waals surface area contributed by atoms with E-state index < -0.39 is 0 Å². The van der Waals surface area contributed by atoms with Crippen molar-refractivity contribution in [2.45, 2.75) is 18.9 Å². The van der Waals surface area contributed by atoms with Crippen LogP contribution in [-0.4, -0.2) is 32.3 Å². The molecule has 0 amide bonds. The second-order valence-corrected chi connectivity index (χ2v) is 8.89. The standard InChI is InChI=1S/C27H26N4O2/c1-30-16-22(21-9-12-28-25(21)27(30)32)20-7-8-23-24(15-20)31(17-29-23)26(18-5-3-2-4-6-18)19-10-13-33-14-11-19/h2-9,12,15-17,19,26,28H,10-11,13-14H2,1H3/t26-/m0/s1. The highest BCUT2D eigenvalue weighted by molar-refractivity contribution is 5.96. The third kappa shape index (κ3) is 3.38. The summed E-state index contributed by atoms with van der Waals surface area (Å²) in [5.41, 5.74) is 6.09. The number of aryl methyl sites for hydroxylation is 1. The monoisotopic (exact) mass is 438 g/mol. The Hall–Kier alpha value is -3.64. The molecule has 1 N–H and O–H groups in total. The zero-order valence-electron chi connectivity index (χ0n) is 18.6. The normalized spacial score (nSPS) is 15.9. The number of hydrogen-bond acceptors (Lipinski definition) is 3. The molecule has 1 aliphatic heterocycles. The van der Waals surface area contributed by atoms with Crippen molar-refractivity contribution in [1.29, 1.82) is 0 Å². The lowest BCUT2D eigenvalue weighted by Crippen LogP contribution is -2.26. The Morgan fingerprint density at radius 3 is 2.73 bits per heavy atom. The molecule has 1 aliphatic rings. The summed E-state index contributed by atoms with van der Waals surface area (Å²) in [7, 11) is 1.80. The van der Waals surface area contributed by atoms with Crippen molar-refractivity contribution < 1.29 is 4.74 Å². The number of nitrogens with one attached hydrogen (secondary N) is 1. The molecule has 0 saturated carbocycles. The maximum absolute atomic E-state index is 12.5. The SMILES string of the molecule is Cn1cc(-c2ccc3ncn([C@@H](c4ccccc4)C4CCOCC4)c3c2)c2cc[nH]c2c1=O. The average molecular weight is 439 g/mol. The Morgan fingerprint density at radius 2 is 1.91 bits per heavy atom. The number of aromatic amines is 1. The molecule has 2 aromatic carbocycles. The zero-order valence-corrected chi connectivity index (χ0v) is 18.6. The third-order valence-electron chi connectivity index (χ3n) is 6.93. The van der Waals surface area contributed by atoms with Gasteiger partial charge in [-0.15, -0.1) is 0 Å². The van der Waals surface area contributed by atoms with Crippen LogP contribution in [0.15, 0.2) is 78.1 Å². The van der Waals surface area contributed by atoms with Crippen LogP contribution in [0.5, 0.6) is 0 Å². The molecule has 1 atom stereocenters. The molecule has 4 heterocycles. The van der Waals surface area contributed by atoms with E-state index in [0.29, 0.717) is 11.4 Å². The van der Waals surface area contributed by atoms with Gasteiger partial charge in [0.1, 0.15) is 5.52 Å². The van der Waals surface area contributed by atoms with Gasteiger partial charge >= 0.3 is 0 Å². The molecule has 0 spiro atoms. The molecule has 5 aromatic rings. The van der Waals surface area contributed by atoms with E-state index in [1.807, 2.05) is 24.8 Å². The molecule has 33 heavy (non-hydrogen) atoms. The first kappa shape index (κ1) is 20.0. The molecule has 3 aromatic heterocycles. The van der Waals surface area contributed by atoms with Crippen LogP contribution in [0.25, 0.3) is 33.1 Å². The first-order valence-corrected chi connectivity index (χ1v) is 11.5. The van der Waals surface area contributed by atoms with Crippen LogP contribution in [-0.2, 0) is 11.8 Å². The number of pyridine rings is 1. The minimum Gasteiger partial charge on any atom is -0.381 e. The molecule has 0 aliphatic carbocycles. The summed E-state index contributed by atoms with van der Waals surface area (Å²) in [6.45, 7) is 1.60. The molecule has 6 heteroatoms. The summed E-state index contributed by atoms with van der Waals surface area (Å²) in [4.78, 5) is 20.4. The van der Waals surface area contributed by atoms with Crippen LogP contribution in [0.3, 0.4) is 0 Å². The van der Waals surface area contributed by atoms with E-state index in [0.717, 1.165) is 53.6 Å². The van der Waals surface area contributed by atoms with E-state index in [4.69, 9.17) is 9.72 Å². The van der Waals surface area contributed by atoms with Crippen LogP contribution in [0.4, 0.5) is 0 Å². The Bertz CT molecular complexity index is 1490. The van der Waals surface area contributed by atoms with E-state index in [-0.39, 0.29) is 11.6 Å². The van der Waals surface area contributed by atoms with E-state index in [1.165, 1.54) is 5.56 Å². The lowest BCUT2D eigenvalue weighted by atomic mass is 9.86. The highest BCUT2D eigenvalue weighted by atomic mass is 16.5. The lowest BCUT2D eigenvalue weighted by Gasteiger charge is -2.32. The van der Waals surface area contributed by atoms with Crippen molar-refractivity contribution >= 4 is 21.9 Å². The van der Waals surface area contributed by atoms with Crippen molar-refractivity contribution in [3.8, 4) is 11.1 Å². The van der Waals surface area contributed by atoms with Gasteiger partial charge < -0.3 is 18.9 Å². The van der Waals surface area contributed by atoms with Gasteiger partial charge in [0, 0.05) is 43.6 Å². The Kier molecular flexibility index (Phi) is 4.88. The van der Waals surface area contributed by atoms with Gasteiger partial charge in [0.2, 0.25) is 0 Å². The van der Waals surface area contributed by atoms with Crippen LogP contribution >= 0.6 is 0 Å². The van der Waals surface area contributed by atoms with Gasteiger partial charge in [-0.3, -0.25) is 4.79 Å². The third-order valence-corrected chi connectivity index (χ3v) is 6.93. The second kappa shape index (κ2) is 8.05. The van der Waals surface area contributed by atoms with Gasteiger partial charge in [-0.1, -0.05) is 36.4 Å². The number of nitrogens with zero attached hydrogens (tertiary/aromatic N) is 3. The highest BCUT2D eigenvalue weighted by Gasteiger charge is 2.28. The second-order valence-electron chi connectivity index (χ2n) is 8.89. The molecule has 6 nitrogen and oxygen atoms in total. The maximum atomic E-state index is 12.5. The average Bonchev–Trinajstić information content (AvgIpc) is 3.51. The predicted molar refractivity (Wildman–Crippen MR) is 130 cm³/mol. The van der Waals surface area contributed by atoms with Gasteiger partial charge in [0.15, 0.2) is 0 Å². The van der Waals surface area contributed by atoms with Gasteiger partial charge in [-0.05, 0) is 48.1 Å². The number of benzene rings is 2. The maximum Gasteiger partial charge on any atom is 0.274 e. The number of rotatable bonds is 4. The van der Waals surface area contributed by atoms with E-state index in [2.05, 4.69) is 58.1 Å². The first-order chi connectivity index (χ1) is 16.2. The summed E-state index contributed by atoms with van der Waals surface area (Å²) in [6, 6.07) is 19.3. The van der Waals surface area contributed by atoms with Crippen LogP contribution < -0.4 is 5.56 Å². The highest BCUT2D eigenvalue weighted by Crippen LogP contribution is 2.37. The molecule has 0 radical (unpaired) electrons. The summed E-state index contributed by atoms with van der Waals surface area (Å²) in [6.07, 6.45) is 7.80. The number of fused-ring (bicyclic) bond motifs is 2. The number of aromatic nitrogens is 4. The van der Waals surface area contributed by atoms with Gasteiger partial charge in [0.25, 0.3) is 5.56 Å². The van der Waals surface area contributed by atoms with Crippen molar-refractivity contribution in [1.82, 2.24) is 19.1 Å². The largest absolute Gasteiger partial charge is 0.381 e. The quantitative estimate of drug-likeness (QED) is 0.434. The fraction of sp³-hybridized carbons (Fsp3) is 0.259. The molecular formula is C27H26N4O2. The minimum atomic E-state index is -0.0199. The lowest BCUT2D eigenvalue weighted by molar-refractivity contribution is 0.0547. The van der Waals surface area contributed by atoms with E-state index >= 15 is 0 Å². The molecule has 0 bridgehead atoms. The van der Waals surface area contributed by atoms with Crippen molar-refractivity contribution in [2.75, 3.05) is 13.2 Å². The van der Waals surface area contributed by atoms with Crippen molar-refractivity contribution in [3.63, 3.8) is 0 Å². The zero-order chi connectivity index (χ0) is 22.4. The number of hydrogen-bond donors (Lipinski definition) is 1. The summed E-state index contributed by atoms with van der Waals surface area (Å²) in [5, 5.41) is 0.938. The Labute approximate surface area is 191 Å². The summed E-state index contributed by atoms with van der Waals surface area (Å²) in [5.74, 6) is 0.483. The number of ether oxygens (including phenoxy) is 1. The van der Waals surface area contributed by atoms with Gasteiger partial charge in [-0.2, -0.15) is 0 Å². The molecule has 0 unspecified atom stereocenters. The molecule has 6 rings (SSSR count). The van der Waals surface area contributed by atoms with Gasteiger partial charge in [0.05, 0.1) is 23.4 Å². The van der Waals surface area contributed by atoms with Crippen LogP contribution in [0.1, 0.15) is 24.4 Å².